The summed E-state index contributed by atoms with van der Waals surface area (Å²) in [7, 11) is 1.70. The van der Waals surface area contributed by atoms with Gasteiger partial charge in [-0.3, -0.25) is 0 Å². The van der Waals surface area contributed by atoms with Gasteiger partial charge < -0.3 is 9.30 Å². The third-order valence-corrected chi connectivity index (χ3v) is 3.83. The molecule has 1 aromatic heterocycles. The van der Waals surface area contributed by atoms with E-state index in [2.05, 4.69) is 9.55 Å². The minimum atomic E-state index is 0.521. The molecule has 0 saturated carbocycles. The molecule has 1 aromatic carbocycles. The molecule has 0 aliphatic carbocycles. The van der Waals surface area contributed by atoms with E-state index in [1.54, 1.807) is 13.2 Å². The number of alkyl halides is 1. The highest BCUT2D eigenvalue weighted by molar-refractivity contribution is 6.42. The number of methoxy groups -OCH3 is 1. The summed E-state index contributed by atoms with van der Waals surface area (Å²) in [4.78, 5) is 4.58. The molecule has 0 unspecified atom stereocenters. The van der Waals surface area contributed by atoms with Gasteiger partial charge in [-0.2, -0.15) is 0 Å². The van der Waals surface area contributed by atoms with Crippen molar-refractivity contribution in [2.75, 3.05) is 19.6 Å². The molecule has 104 valence electrons. The van der Waals surface area contributed by atoms with Gasteiger partial charge in [0.25, 0.3) is 0 Å². The summed E-state index contributed by atoms with van der Waals surface area (Å²) in [6, 6.07) is 3.65. The van der Waals surface area contributed by atoms with Gasteiger partial charge in [0.05, 0.1) is 21.1 Å². The molecule has 3 nitrogen and oxygen atoms in total. The summed E-state index contributed by atoms with van der Waals surface area (Å²) in [5, 5.41) is 1.06. The quantitative estimate of drug-likeness (QED) is 0.590. The highest BCUT2D eigenvalue weighted by atomic mass is 35.5. The van der Waals surface area contributed by atoms with Crippen molar-refractivity contribution in [1.82, 2.24) is 9.55 Å². The molecule has 1 heterocycles. The number of ether oxygens (including phenoxy) is 1. The Labute approximate surface area is 127 Å². The molecule has 0 saturated heterocycles. The third kappa shape index (κ3) is 3.34. The smallest absolute Gasteiger partial charge is 0.111 e. The van der Waals surface area contributed by atoms with Crippen LogP contribution < -0.4 is 0 Å². The molecule has 0 aliphatic rings. The fraction of sp³-hybridized carbons (Fsp3) is 0.462. The fourth-order valence-electron chi connectivity index (χ4n) is 2.06. The Bertz CT molecular complexity index is 569. The molecule has 2 rings (SSSR count). The fourth-order valence-corrected chi connectivity index (χ4v) is 2.55. The Morgan fingerprint density at radius 2 is 2.00 bits per heavy atom. The Morgan fingerprint density at radius 1 is 1.26 bits per heavy atom. The van der Waals surface area contributed by atoms with E-state index in [9.17, 15) is 0 Å². The van der Waals surface area contributed by atoms with Gasteiger partial charge in [0.1, 0.15) is 5.82 Å². The zero-order valence-electron chi connectivity index (χ0n) is 10.6. The number of aromatic nitrogens is 2. The number of benzene rings is 1. The van der Waals surface area contributed by atoms with Gasteiger partial charge in [-0.25, -0.2) is 4.98 Å². The summed E-state index contributed by atoms with van der Waals surface area (Å²) in [5.41, 5.74) is 1.84. The molecule has 2 aromatic rings. The van der Waals surface area contributed by atoms with E-state index in [0.29, 0.717) is 22.5 Å². The monoisotopic (exact) mass is 320 g/mol. The normalized spacial score (nSPS) is 11.4. The molecule has 0 N–H and O–H groups in total. The first kappa shape index (κ1) is 14.9. The van der Waals surface area contributed by atoms with E-state index >= 15 is 0 Å². The van der Waals surface area contributed by atoms with Crippen molar-refractivity contribution in [1.29, 1.82) is 0 Å². The predicted molar refractivity (Wildman–Crippen MR) is 80.7 cm³/mol. The van der Waals surface area contributed by atoms with E-state index in [-0.39, 0.29) is 0 Å². The molecule has 0 radical (unpaired) electrons. The largest absolute Gasteiger partial charge is 0.385 e. The van der Waals surface area contributed by atoms with E-state index < -0.39 is 0 Å². The lowest BCUT2D eigenvalue weighted by Crippen LogP contribution is -2.06. The second kappa shape index (κ2) is 6.80. The molecule has 0 spiro atoms. The average Bonchev–Trinajstić information content (AvgIpc) is 2.69. The van der Waals surface area contributed by atoms with Crippen LogP contribution in [-0.2, 0) is 17.7 Å². The Hall–Kier alpha value is -0.480. The van der Waals surface area contributed by atoms with Crippen LogP contribution in [0.25, 0.3) is 11.0 Å². The van der Waals surface area contributed by atoms with Crippen molar-refractivity contribution in [2.45, 2.75) is 19.4 Å². The maximum Gasteiger partial charge on any atom is 0.111 e. The van der Waals surface area contributed by atoms with Crippen LogP contribution in [0.2, 0.25) is 10.0 Å². The Balaban J connectivity index is 2.43. The second-order valence-corrected chi connectivity index (χ2v) is 5.41. The van der Waals surface area contributed by atoms with Crippen molar-refractivity contribution >= 4 is 45.8 Å². The number of halogens is 3. The van der Waals surface area contributed by atoms with Gasteiger partial charge in [-0.1, -0.05) is 23.2 Å². The van der Waals surface area contributed by atoms with Crippen LogP contribution in [0.3, 0.4) is 0 Å². The van der Waals surface area contributed by atoms with Crippen LogP contribution in [0.1, 0.15) is 12.2 Å². The number of rotatable bonds is 6. The molecule has 6 heteroatoms. The number of nitrogens with zero attached hydrogens (tertiary/aromatic N) is 2. The molecule has 19 heavy (non-hydrogen) atoms. The third-order valence-electron chi connectivity index (χ3n) is 2.92. The van der Waals surface area contributed by atoms with Gasteiger partial charge in [-0.05, 0) is 18.6 Å². The van der Waals surface area contributed by atoms with Crippen molar-refractivity contribution in [3.8, 4) is 0 Å². The van der Waals surface area contributed by atoms with Gasteiger partial charge in [-0.15, -0.1) is 11.6 Å². The topological polar surface area (TPSA) is 27.1 Å². The van der Waals surface area contributed by atoms with E-state index in [4.69, 9.17) is 39.5 Å². The Morgan fingerprint density at radius 3 is 2.68 bits per heavy atom. The number of hydrogen-bond donors (Lipinski definition) is 0. The average molecular weight is 322 g/mol. The maximum atomic E-state index is 6.08. The Kier molecular flexibility index (Phi) is 5.34. The number of aryl methyl sites for hydroxylation is 2. The lowest BCUT2D eigenvalue weighted by atomic mass is 10.3. The van der Waals surface area contributed by atoms with Crippen LogP contribution in [0, 0.1) is 0 Å². The van der Waals surface area contributed by atoms with Crippen molar-refractivity contribution < 1.29 is 4.74 Å². The lowest BCUT2D eigenvalue weighted by molar-refractivity contribution is 0.190. The molecule has 0 aliphatic heterocycles. The van der Waals surface area contributed by atoms with Gasteiger partial charge >= 0.3 is 0 Å². The zero-order valence-corrected chi connectivity index (χ0v) is 12.9. The molecule has 0 fully saturated rings. The van der Waals surface area contributed by atoms with Gasteiger partial charge in [0.2, 0.25) is 0 Å². The first-order valence-electron chi connectivity index (χ1n) is 6.06. The summed E-state index contributed by atoms with van der Waals surface area (Å²) < 4.78 is 7.23. The molecule has 0 atom stereocenters. The van der Waals surface area contributed by atoms with Crippen molar-refractivity contribution in [3.05, 3.63) is 28.0 Å². The van der Waals surface area contributed by atoms with Gasteiger partial charge in [0.15, 0.2) is 0 Å². The second-order valence-electron chi connectivity index (χ2n) is 4.22. The SMILES string of the molecule is COCCCn1c(CCCl)nc2cc(Cl)c(Cl)cc21. The zero-order chi connectivity index (χ0) is 13.8. The van der Waals surface area contributed by atoms with Crippen LogP contribution >= 0.6 is 34.8 Å². The maximum absolute atomic E-state index is 6.08. The highest BCUT2D eigenvalue weighted by Crippen LogP contribution is 2.28. The number of fused-ring (bicyclic) bond motifs is 1. The lowest BCUT2D eigenvalue weighted by Gasteiger charge is -2.08. The highest BCUT2D eigenvalue weighted by Gasteiger charge is 2.12. The summed E-state index contributed by atoms with van der Waals surface area (Å²) >= 11 is 17.9. The number of hydrogen-bond acceptors (Lipinski definition) is 2. The summed E-state index contributed by atoms with van der Waals surface area (Å²) in [6.45, 7) is 1.54. The molecular formula is C13H15Cl3N2O. The van der Waals surface area contributed by atoms with Gasteiger partial charge in [0, 0.05) is 32.6 Å². The molecule has 0 amide bonds. The van der Waals surface area contributed by atoms with E-state index in [1.807, 2.05) is 6.07 Å². The predicted octanol–water partition coefficient (Wildman–Crippen LogP) is 4.16. The molecular weight excluding hydrogens is 307 g/mol. The van der Waals surface area contributed by atoms with Crippen LogP contribution in [0.15, 0.2) is 12.1 Å². The van der Waals surface area contributed by atoms with E-state index in [1.165, 1.54) is 0 Å². The number of imidazole rings is 1. The van der Waals surface area contributed by atoms with Crippen LogP contribution in [0.4, 0.5) is 0 Å². The minimum absolute atomic E-state index is 0.521. The van der Waals surface area contributed by atoms with Crippen molar-refractivity contribution in [2.24, 2.45) is 0 Å². The summed E-state index contributed by atoms with van der Waals surface area (Å²) in [5.74, 6) is 1.49. The van der Waals surface area contributed by atoms with Crippen LogP contribution in [0.5, 0.6) is 0 Å². The summed E-state index contributed by atoms with van der Waals surface area (Å²) in [6.07, 6.45) is 1.63. The minimum Gasteiger partial charge on any atom is -0.385 e. The molecule has 0 bridgehead atoms. The first-order valence-corrected chi connectivity index (χ1v) is 7.35. The standard InChI is InChI=1S/C13H15Cl3N2O/c1-19-6-2-5-18-12-8-10(16)9(15)7-11(12)17-13(18)3-4-14/h7-8H,2-6H2,1H3. The van der Waals surface area contributed by atoms with Crippen molar-refractivity contribution in [3.63, 3.8) is 0 Å². The van der Waals surface area contributed by atoms with E-state index in [0.717, 1.165) is 36.2 Å². The van der Waals surface area contributed by atoms with Crippen LogP contribution in [-0.4, -0.2) is 29.1 Å². The first-order chi connectivity index (χ1) is 9.17.